The summed E-state index contributed by atoms with van der Waals surface area (Å²) in [6.07, 6.45) is 7.28. The first-order valence-electron chi connectivity index (χ1n) is 10.4. The number of hydrogen-bond acceptors (Lipinski definition) is 6. The molecule has 0 spiro atoms. The van der Waals surface area contributed by atoms with Crippen molar-refractivity contribution in [2.24, 2.45) is 5.92 Å². The van der Waals surface area contributed by atoms with Gasteiger partial charge in [0, 0.05) is 41.8 Å². The summed E-state index contributed by atoms with van der Waals surface area (Å²) in [6, 6.07) is 9.50. The van der Waals surface area contributed by atoms with Crippen LogP contribution in [0.3, 0.4) is 0 Å². The Labute approximate surface area is 202 Å². The molecule has 4 rings (SSSR count). The van der Waals surface area contributed by atoms with Gasteiger partial charge in [-0.15, -0.1) is 11.3 Å². The third-order valence-corrected chi connectivity index (χ3v) is 8.58. The van der Waals surface area contributed by atoms with Crippen molar-refractivity contribution in [1.82, 2.24) is 19.5 Å². The Morgan fingerprint density at radius 2 is 1.79 bits per heavy atom. The first-order valence-corrected chi connectivity index (χ1v) is 13.1. The van der Waals surface area contributed by atoms with Crippen LogP contribution in [0.5, 0.6) is 0 Å². The summed E-state index contributed by atoms with van der Waals surface area (Å²) in [6.45, 7) is 6.82. The molecule has 3 heterocycles. The van der Waals surface area contributed by atoms with Crippen LogP contribution >= 0.6 is 22.9 Å². The zero-order valence-electron chi connectivity index (χ0n) is 18.5. The predicted octanol–water partition coefficient (Wildman–Crippen LogP) is 5.41. The number of anilines is 1. The number of rotatable bonds is 8. The standard InChI is InChI=1S/C23H24ClN5O2S2/c1-15(2)13-19-16(3)20(21(32-19)33(30,31)28-23-26-9-4-10-27-23)18-7-5-17(6-8-18)14-29-12-11-25-22(29)24/h4-12,15H,13-14H2,1-3H3,(H,26,27,28). The summed E-state index contributed by atoms with van der Waals surface area (Å²) in [7, 11) is -3.87. The topological polar surface area (TPSA) is 89.8 Å². The van der Waals surface area contributed by atoms with Gasteiger partial charge in [0.25, 0.3) is 10.0 Å². The van der Waals surface area contributed by atoms with Gasteiger partial charge in [-0.3, -0.25) is 0 Å². The molecule has 0 saturated heterocycles. The van der Waals surface area contributed by atoms with Gasteiger partial charge in [0.1, 0.15) is 4.21 Å². The highest BCUT2D eigenvalue weighted by Crippen LogP contribution is 2.41. The summed E-state index contributed by atoms with van der Waals surface area (Å²) in [5.41, 5.74) is 3.57. The van der Waals surface area contributed by atoms with E-state index in [4.69, 9.17) is 11.6 Å². The fourth-order valence-corrected chi connectivity index (χ4v) is 6.83. The Balaban J connectivity index is 1.73. The van der Waals surface area contributed by atoms with Crippen LogP contribution in [-0.4, -0.2) is 27.9 Å². The van der Waals surface area contributed by atoms with Crippen LogP contribution in [0.2, 0.25) is 5.28 Å². The van der Waals surface area contributed by atoms with E-state index in [1.165, 1.54) is 23.7 Å². The fourth-order valence-electron chi connectivity index (χ4n) is 3.54. The van der Waals surface area contributed by atoms with Crippen LogP contribution in [0.4, 0.5) is 5.95 Å². The summed E-state index contributed by atoms with van der Waals surface area (Å²) >= 11 is 7.40. The molecule has 0 saturated carbocycles. The lowest BCUT2D eigenvalue weighted by Crippen LogP contribution is -2.14. The molecule has 0 fully saturated rings. The van der Waals surface area contributed by atoms with Crippen molar-refractivity contribution < 1.29 is 8.42 Å². The second-order valence-corrected chi connectivity index (χ2v) is 11.4. The molecule has 0 radical (unpaired) electrons. The maximum Gasteiger partial charge on any atom is 0.274 e. The molecule has 4 aromatic rings. The number of nitrogens with zero attached hydrogens (tertiary/aromatic N) is 4. The molecule has 0 aliphatic rings. The van der Waals surface area contributed by atoms with Gasteiger partial charge in [0.15, 0.2) is 0 Å². The van der Waals surface area contributed by atoms with Gasteiger partial charge in [-0.25, -0.2) is 28.1 Å². The van der Waals surface area contributed by atoms with Crippen molar-refractivity contribution in [2.45, 2.75) is 37.9 Å². The number of sulfonamides is 1. The summed E-state index contributed by atoms with van der Waals surface area (Å²) in [4.78, 5) is 13.1. The van der Waals surface area contributed by atoms with E-state index >= 15 is 0 Å². The normalized spacial score (nSPS) is 11.8. The third kappa shape index (κ3) is 5.26. The first kappa shape index (κ1) is 23.4. The molecule has 33 heavy (non-hydrogen) atoms. The van der Waals surface area contributed by atoms with E-state index in [-0.39, 0.29) is 10.2 Å². The maximum atomic E-state index is 13.4. The van der Waals surface area contributed by atoms with Crippen LogP contribution < -0.4 is 4.72 Å². The summed E-state index contributed by atoms with van der Waals surface area (Å²) < 4.78 is 31.3. The third-order valence-electron chi connectivity index (χ3n) is 5.10. The first-order chi connectivity index (χ1) is 15.7. The van der Waals surface area contributed by atoms with Crippen molar-refractivity contribution >= 4 is 38.9 Å². The second-order valence-electron chi connectivity index (χ2n) is 8.11. The van der Waals surface area contributed by atoms with Gasteiger partial charge in [0.2, 0.25) is 11.2 Å². The highest BCUT2D eigenvalue weighted by atomic mass is 35.5. The average Bonchev–Trinajstić information content (AvgIpc) is 3.32. The lowest BCUT2D eigenvalue weighted by atomic mass is 9.99. The molecule has 0 bridgehead atoms. The van der Waals surface area contributed by atoms with Crippen LogP contribution in [-0.2, 0) is 23.0 Å². The Kier molecular flexibility index (Phi) is 6.83. The van der Waals surface area contributed by atoms with Crippen LogP contribution in [0, 0.1) is 12.8 Å². The van der Waals surface area contributed by atoms with Gasteiger partial charge in [-0.1, -0.05) is 38.1 Å². The van der Waals surface area contributed by atoms with Crippen molar-refractivity contribution in [3.63, 3.8) is 0 Å². The highest BCUT2D eigenvalue weighted by molar-refractivity contribution is 7.94. The molecule has 0 amide bonds. The van der Waals surface area contributed by atoms with E-state index in [9.17, 15) is 8.42 Å². The highest BCUT2D eigenvalue weighted by Gasteiger charge is 2.27. The van der Waals surface area contributed by atoms with E-state index in [0.717, 1.165) is 28.0 Å². The molecule has 172 valence electrons. The molecule has 1 N–H and O–H groups in total. The molecule has 0 atom stereocenters. The predicted molar refractivity (Wildman–Crippen MR) is 132 cm³/mol. The Hall–Kier alpha value is -2.75. The lowest BCUT2D eigenvalue weighted by Gasteiger charge is -2.10. The molecule has 0 aliphatic heterocycles. The maximum absolute atomic E-state index is 13.4. The van der Waals surface area contributed by atoms with Gasteiger partial charge in [-0.05, 0) is 53.6 Å². The molecule has 0 unspecified atom stereocenters. The van der Waals surface area contributed by atoms with E-state index in [1.807, 2.05) is 42.0 Å². The zero-order valence-corrected chi connectivity index (χ0v) is 20.9. The van der Waals surface area contributed by atoms with Crippen LogP contribution in [0.25, 0.3) is 11.1 Å². The van der Waals surface area contributed by atoms with Crippen molar-refractivity contribution in [3.05, 3.63) is 76.4 Å². The number of imidazole rings is 1. The summed E-state index contributed by atoms with van der Waals surface area (Å²) in [5.74, 6) is 0.450. The molecule has 10 heteroatoms. The van der Waals surface area contributed by atoms with Gasteiger partial charge < -0.3 is 4.57 Å². The van der Waals surface area contributed by atoms with Crippen molar-refractivity contribution in [2.75, 3.05) is 4.72 Å². The number of benzene rings is 1. The monoisotopic (exact) mass is 501 g/mol. The van der Waals surface area contributed by atoms with Crippen molar-refractivity contribution in [3.8, 4) is 11.1 Å². The Morgan fingerprint density at radius 1 is 1.09 bits per heavy atom. The molecule has 7 nitrogen and oxygen atoms in total. The van der Waals surface area contributed by atoms with E-state index in [0.29, 0.717) is 23.3 Å². The molecule has 0 aliphatic carbocycles. The summed E-state index contributed by atoms with van der Waals surface area (Å²) in [5, 5.41) is 0.425. The van der Waals surface area contributed by atoms with E-state index < -0.39 is 10.0 Å². The molecular formula is C23H24ClN5O2S2. The zero-order chi connectivity index (χ0) is 23.6. The number of hydrogen-bond donors (Lipinski definition) is 1. The van der Waals surface area contributed by atoms with Gasteiger partial charge in [0.05, 0.1) is 0 Å². The second kappa shape index (κ2) is 9.62. The molecule has 3 aromatic heterocycles. The van der Waals surface area contributed by atoms with Gasteiger partial charge >= 0.3 is 0 Å². The smallest absolute Gasteiger partial charge is 0.274 e. The van der Waals surface area contributed by atoms with Crippen LogP contribution in [0.1, 0.15) is 29.9 Å². The Morgan fingerprint density at radius 3 is 2.39 bits per heavy atom. The Bertz CT molecular complexity index is 1350. The fraction of sp³-hybridized carbons (Fsp3) is 0.261. The number of halogens is 1. The van der Waals surface area contributed by atoms with Crippen molar-refractivity contribution in [1.29, 1.82) is 0 Å². The average molecular weight is 502 g/mol. The van der Waals surface area contributed by atoms with Gasteiger partial charge in [-0.2, -0.15) is 0 Å². The largest absolute Gasteiger partial charge is 0.317 e. The molecule has 1 aromatic carbocycles. The number of nitrogens with one attached hydrogen (secondary N) is 1. The van der Waals surface area contributed by atoms with E-state index in [2.05, 4.69) is 33.5 Å². The lowest BCUT2D eigenvalue weighted by molar-refractivity contribution is 0.603. The van der Waals surface area contributed by atoms with Crippen LogP contribution in [0.15, 0.2) is 59.3 Å². The number of thiophene rings is 1. The minimum absolute atomic E-state index is 0.0486. The minimum atomic E-state index is -3.87. The quantitative estimate of drug-likeness (QED) is 0.348. The number of aromatic nitrogens is 4. The molecular weight excluding hydrogens is 478 g/mol. The van der Waals surface area contributed by atoms with E-state index in [1.54, 1.807) is 12.3 Å². The minimum Gasteiger partial charge on any atom is -0.317 e. The SMILES string of the molecule is Cc1c(CC(C)C)sc(S(=O)(=O)Nc2ncccn2)c1-c1ccc(Cn2ccnc2Cl)cc1.